The van der Waals surface area contributed by atoms with E-state index in [1.807, 2.05) is 6.08 Å². The molecule has 2 fully saturated rings. The van der Waals surface area contributed by atoms with E-state index in [0.29, 0.717) is 12.6 Å². The minimum absolute atomic E-state index is 0.0527. The number of aryl methyl sites for hydroxylation is 2. The second kappa shape index (κ2) is 7.74. The number of hydrogen-bond donors (Lipinski definition) is 1. The van der Waals surface area contributed by atoms with Gasteiger partial charge in [0.1, 0.15) is 0 Å². The Bertz CT molecular complexity index is 635. The highest BCUT2D eigenvalue weighted by Crippen LogP contribution is 2.36. The lowest BCUT2D eigenvalue weighted by molar-refractivity contribution is 0.00901. The molecule has 1 aromatic carbocycles. The first-order valence-electron chi connectivity index (χ1n) is 10.6. The van der Waals surface area contributed by atoms with E-state index in [1.54, 1.807) is 11.1 Å². The Hall–Kier alpha value is -1.32. The van der Waals surface area contributed by atoms with Crippen molar-refractivity contribution in [2.75, 3.05) is 37.7 Å². The van der Waals surface area contributed by atoms with E-state index in [9.17, 15) is 5.11 Å². The number of nitrogens with zero attached hydrogens (tertiary/aromatic N) is 2. The summed E-state index contributed by atoms with van der Waals surface area (Å²) in [4.78, 5) is 5.26. The van der Waals surface area contributed by atoms with E-state index in [-0.39, 0.29) is 5.41 Å². The first kappa shape index (κ1) is 18.1. The van der Waals surface area contributed by atoms with Crippen LogP contribution >= 0.6 is 0 Å². The van der Waals surface area contributed by atoms with Crippen LogP contribution in [-0.2, 0) is 12.8 Å². The fraction of sp³-hybridized carbons (Fsp3) is 0.652. The molecule has 1 atom stereocenters. The molecule has 0 radical (unpaired) electrons. The average Bonchev–Trinajstić information content (AvgIpc) is 3.16. The number of likely N-dealkylation sites (tertiary alicyclic amines) is 1. The molecule has 1 aliphatic carbocycles. The zero-order chi connectivity index (χ0) is 18.0. The highest BCUT2D eigenvalue weighted by molar-refractivity contribution is 5.52. The van der Waals surface area contributed by atoms with Crippen LogP contribution in [0.2, 0.25) is 0 Å². The van der Waals surface area contributed by atoms with E-state index >= 15 is 0 Å². The minimum Gasteiger partial charge on any atom is -0.396 e. The summed E-state index contributed by atoms with van der Waals surface area (Å²) >= 11 is 0. The fourth-order valence-electron chi connectivity index (χ4n) is 5.47. The molecule has 2 saturated heterocycles. The molecule has 3 nitrogen and oxygen atoms in total. The third-order valence-corrected chi connectivity index (χ3v) is 7.03. The van der Waals surface area contributed by atoms with Gasteiger partial charge in [-0.25, -0.2) is 0 Å². The van der Waals surface area contributed by atoms with Gasteiger partial charge in [-0.05, 0) is 81.2 Å². The van der Waals surface area contributed by atoms with Crippen LogP contribution in [-0.4, -0.2) is 48.8 Å². The Morgan fingerprint density at radius 1 is 1.12 bits per heavy atom. The van der Waals surface area contributed by atoms with Gasteiger partial charge in [-0.3, -0.25) is 4.90 Å². The molecule has 3 aliphatic rings. The van der Waals surface area contributed by atoms with E-state index in [2.05, 4.69) is 34.6 Å². The molecule has 1 aromatic rings. The monoisotopic (exact) mass is 354 g/mol. The van der Waals surface area contributed by atoms with E-state index in [1.165, 1.54) is 50.8 Å². The van der Waals surface area contributed by atoms with Crippen LogP contribution in [0.3, 0.4) is 0 Å². The van der Waals surface area contributed by atoms with Crippen LogP contribution in [0.15, 0.2) is 30.9 Å². The second-order valence-corrected chi connectivity index (χ2v) is 8.75. The van der Waals surface area contributed by atoms with Crippen molar-refractivity contribution >= 4 is 5.69 Å². The largest absolute Gasteiger partial charge is 0.396 e. The maximum Gasteiger partial charge on any atom is 0.0502 e. The van der Waals surface area contributed by atoms with Crippen molar-refractivity contribution in [3.63, 3.8) is 0 Å². The van der Waals surface area contributed by atoms with Gasteiger partial charge in [0.05, 0.1) is 6.61 Å². The number of hydrogen-bond acceptors (Lipinski definition) is 3. The van der Waals surface area contributed by atoms with Crippen LogP contribution < -0.4 is 4.90 Å². The van der Waals surface area contributed by atoms with Crippen LogP contribution in [0.4, 0.5) is 5.69 Å². The maximum absolute atomic E-state index is 9.97. The van der Waals surface area contributed by atoms with Gasteiger partial charge in [0.25, 0.3) is 0 Å². The molecular formula is C23H34N2O. The third kappa shape index (κ3) is 3.57. The second-order valence-electron chi connectivity index (χ2n) is 8.75. The number of piperidine rings is 2. The first-order valence-corrected chi connectivity index (χ1v) is 10.6. The molecule has 0 spiro atoms. The predicted molar refractivity (Wildman–Crippen MR) is 109 cm³/mol. The zero-order valence-corrected chi connectivity index (χ0v) is 16.1. The van der Waals surface area contributed by atoms with E-state index < -0.39 is 0 Å². The molecule has 0 amide bonds. The Labute approximate surface area is 158 Å². The first-order chi connectivity index (χ1) is 12.7. The van der Waals surface area contributed by atoms with Crippen molar-refractivity contribution in [2.24, 2.45) is 5.41 Å². The van der Waals surface area contributed by atoms with Crippen molar-refractivity contribution in [3.05, 3.63) is 42.0 Å². The number of aliphatic hydroxyl groups is 1. The molecule has 26 heavy (non-hydrogen) atoms. The Kier molecular flexibility index (Phi) is 5.37. The molecule has 4 rings (SSSR count). The van der Waals surface area contributed by atoms with Crippen molar-refractivity contribution in [2.45, 2.75) is 57.4 Å². The summed E-state index contributed by atoms with van der Waals surface area (Å²) in [6.07, 6.45) is 11.6. The number of aliphatic hydroxyl groups excluding tert-OH is 1. The standard InChI is InChI=1S/C23H34N2O/c1-2-11-23(18-26)12-4-13-25(17-23)21-9-14-24(15-10-21)22-8-7-19-5-3-6-20(19)16-22/h2,7-8,16,21,26H,1,3-6,9-15,17-18H2/t23-/m0/s1. The summed E-state index contributed by atoms with van der Waals surface area (Å²) in [6, 6.07) is 7.83. The summed E-state index contributed by atoms with van der Waals surface area (Å²) in [5.41, 5.74) is 4.63. The Balaban J connectivity index is 1.36. The van der Waals surface area contributed by atoms with Gasteiger partial charge in [-0.15, -0.1) is 6.58 Å². The molecule has 2 heterocycles. The molecule has 0 aromatic heterocycles. The van der Waals surface area contributed by atoms with Gasteiger partial charge in [0, 0.05) is 36.8 Å². The molecular weight excluding hydrogens is 320 g/mol. The molecule has 3 heteroatoms. The number of allylic oxidation sites excluding steroid dienone is 1. The zero-order valence-electron chi connectivity index (χ0n) is 16.1. The maximum atomic E-state index is 9.97. The lowest BCUT2D eigenvalue weighted by atomic mass is 9.77. The molecule has 0 unspecified atom stereocenters. The number of benzene rings is 1. The topological polar surface area (TPSA) is 26.7 Å². The average molecular weight is 355 g/mol. The summed E-state index contributed by atoms with van der Waals surface area (Å²) < 4.78 is 0. The Morgan fingerprint density at radius 3 is 2.69 bits per heavy atom. The Morgan fingerprint density at radius 2 is 1.92 bits per heavy atom. The smallest absolute Gasteiger partial charge is 0.0502 e. The summed E-state index contributed by atoms with van der Waals surface area (Å²) in [6.45, 7) is 8.77. The van der Waals surface area contributed by atoms with Crippen molar-refractivity contribution in [3.8, 4) is 0 Å². The summed E-state index contributed by atoms with van der Waals surface area (Å²) in [7, 11) is 0. The number of anilines is 1. The number of rotatable bonds is 5. The van der Waals surface area contributed by atoms with Crippen molar-refractivity contribution in [1.29, 1.82) is 0 Å². The highest BCUT2D eigenvalue weighted by atomic mass is 16.3. The third-order valence-electron chi connectivity index (χ3n) is 7.03. The van der Waals surface area contributed by atoms with Crippen LogP contribution in [0.5, 0.6) is 0 Å². The predicted octanol–water partition coefficient (Wildman–Crippen LogP) is 3.79. The SMILES string of the molecule is C=CC[C@]1(CO)CCCN(C2CCN(c3ccc4c(c3)CCC4)CC2)C1. The van der Waals surface area contributed by atoms with Crippen molar-refractivity contribution < 1.29 is 5.11 Å². The van der Waals surface area contributed by atoms with Crippen LogP contribution in [0.1, 0.15) is 49.7 Å². The molecule has 0 bridgehead atoms. The van der Waals surface area contributed by atoms with Gasteiger partial charge < -0.3 is 10.0 Å². The molecule has 142 valence electrons. The van der Waals surface area contributed by atoms with Gasteiger partial charge >= 0.3 is 0 Å². The lowest BCUT2D eigenvalue weighted by Gasteiger charge is -2.47. The molecule has 1 N–H and O–H groups in total. The fourth-order valence-corrected chi connectivity index (χ4v) is 5.47. The van der Waals surface area contributed by atoms with E-state index in [4.69, 9.17) is 0 Å². The van der Waals surface area contributed by atoms with Crippen LogP contribution in [0, 0.1) is 5.41 Å². The van der Waals surface area contributed by atoms with Gasteiger partial charge in [-0.2, -0.15) is 0 Å². The molecule has 2 aliphatic heterocycles. The lowest BCUT2D eigenvalue weighted by Crippen LogP contribution is -2.52. The summed E-state index contributed by atoms with van der Waals surface area (Å²) in [5, 5.41) is 9.97. The number of fused-ring (bicyclic) bond motifs is 1. The highest BCUT2D eigenvalue weighted by Gasteiger charge is 2.37. The van der Waals surface area contributed by atoms with Gasteiger partial charge in [-0.1, -0.05) is 12.1 Å². The summed E-state index contributed by atoms with van der Waals surface area (Å²) in [5.74, 6) is 0. The van der Waals surface area contributed by atoms with Gasteiger partial charge in [0.15, 0.2) is 0 Å². The van der Waals surface area contributed by atoms with E-state index in [0.717, 1.165) is 32.5 Å². The quantitative estimate of drug-likeness (QED) is 0.815. The minimum atomic E-state index is 0.0527. The molecule has 0 saturated carbocycles. The van der Waals surface area contributed by atoms with Crippen LogP contribution in [0.25, 0.3) is 0 Å². The van der Waals surface area contributed by atoms with Crippen molar-refractivity contribution in [1.82, 2.24) is 4.90 Å². The normalized spacial score (nSPS) is 27.5. The van der Waals surface area contributed by atoms with Gasteiger partial charge in [0.2, 0.25) is 0 Å².